The third kappa shape index (κ3) is 4.11. The summed E-state index contributed by atoms with van der Waals surface area (Å²) in [6.45, 7) is 1.50. The third-order valence-electron chi connectivity index (χ3n) is 3.23. The van der Waals surface area contributed by atoms with Gasteiger partial charge < -0.3 is 9.47 Å². The van der Waals surface area contributed by atoms with Gasteiger partial charge in [-0.05, 0) is 38.5 Å². The zero-order valence-electron chi connectivity index (χ0n) is 9.94. The molecule has 0 aromatic carbocycles. The van der Waals surface area contributed by atoms with E-state index in [0.29, 0.717) is 12.2 Å². The first kappa shape index (κ1) is 11.9. The smallest absolute Gasteiger partial charge is 0.0704 e. The van der Waals surface area contributed by atoms with E-state index >= 15 is 0 Å². The molecule has 0 saturated heterocycles. The number of rotatable bonds is 5. The standard InChI is InChI=1S/C14H22O2/c1-3-7-13(8-4-1)15-11-12-16-14-9-5-2-6-10-14/h1-3,5,13-14H,4,6-12H2. The van der Waals surface area contributed by atoms with Gasteiger partial charge in [-0.1, -0.05) is 24.3 Å². The molecule has 0 fully saturated rings. The van der Waals surface area contributed by atoms with Crippen LogP contribution in [-0.4, -0.2) is 25.4 Å². The molecule has 2 nitrogen and oxygen atoms in total. The second-order valence-corrected chi connectivity index (χ2v) is 4.55. The van der Waals surface area contributed by atoms with Crippen molar-refractivity contribution in [2.24, 2.45) is 0 Å². The zero-order valence-corrected chi connectivity index (χ0v) is 9.94. The average molecular weight is 222 g/mol. The molecule has 2 aliphatic rings. The van der Waals surface area contributed by atoms with Crippen LogP contribution in [-0.2, 0) is 9.47 Å². The fourth-order valence-corrected chi connectivity index (χ4v) is 2.26. The molecule has 0 N–H and O–H groups in total. The second-order valence-electron chi connectivity index (χ2n) is 4.55. The molecule has 16 heavy (non-hydrogen) atoms. The van der Waals surface area contributed by atoms with Crippen LogP contribution >= 0.6 is 0 Å². The quantitative estimate of drug-likeness (QED) is 0.525. The van der Waals surface area contributed by atoms with Crippen molar-refractivity contribution in [2.75, 3.05) is 13.2 Å². The maximum absolute atomic E-state index is 5.78. The Balaban J connectivity index is 1.51. The van der Waals surface area contributed by atoms with E-state index in [2.05, 4.69) is 24.3 Å². The topological polar surface area (TPSA) is 18.5 Å². The van der Waals surface area contributed by atoms with Crippen molar-refractivity contribution < 1.29 is 9.47 Å². The highest BCUT2D eigenvalue weighted by molar-refractivity contribution is 4.91. The van der Waals surface area contributed by atoms with Gasteiger partial charge >= 0.3 is 0 Å². The van der Waals surface area contributed by atoms with Crippen LogP contribution in [0, 0.1) is 0 Å². The van der Waals surface area contributed by atoms with Crippen LogP contribution in [0.2, 0.25) is 0 Å². The number of hydrogen-bond donors (Lipinski definition) is 0. The lowest BCUT2D eigenvalue weighted by Crippen LogP contribution is -2.21. The molecule has 0 spiro atoms. The molecular weight excluding hydrogens is 200 g/mol. The highest BCUT2D eigenvalue weighted by Gasteiger charge is 2.12. The lowest BCUT2D eigenvalue weighted by molar-refractivity contribution is -0.0260. The summed E-state index contributed by atoms with van der Waals surface area (Å²) < 4.78 is 11.6. The fourth-order valence-electron chi connectivity index (χ4n) is 2.26. The van der Waals surface area contributed by atoms with Crippen LogP contribution in [0.5, 0.6) is 0 Å². The summed E-state index contributed by atoms with van der Waals surface area (Å²) in [4.78, 5) is 0. The Hall–Kier alpha value is -0.600. The van der Waals surface area contributed by atoms with E-state index in [9.17, 15) is 0 Å². The minimum atomic E-state index is 0.430. The van der Waals surface area contributed by atoms with Crippen LogP contribution in [0.4, 0.5) is 0 Å². The molecule has 0 amide bonds. The van der Waals surface area contributed by atoms with Crippen molar-refractivity contribution in [3.05, 3.63) is 24.3 Å². The van der Waals surface area contributed by atoms with Gasteiger partial charge in [0.1, 0.15) is 0 Å². The molecule has 2 rings (SSSR count). The molecule has 0 aliphatic heterocycles. The van der Waals surface area contributed by atoms with E-state index < -0.39 is 0 Å². The van der Waals surface area contributed by atoms with Crippen molar-refractivity contribution in [3.8, 4) is 0 Å². The number of ether oxygens (including phenoxy) is 2. The van der Waals surface area contributed by atoms with Gasteiger partial charge in [-0.2, -0.15) is 0 Å². The molecule has 0 bridgehead atoms. The van der Waals surface area contributed by atoms with Gasteiger partial charge in [0.25, 0.3) is 0 Å². The SMILES string of the molecule is C1=CCC(OCCOC2CC=CCC2)CC1. The minimum Gasteiger partial charge on any atom is -0.375 e. The predicted molar refractivity (Wildman–Crippen MR) is 65.5 cm³/mol. The molecule has 0 radical (unpaired) electrons. The lowest BCUT2D eigenvalue weighted by atomic mass is 10.0. The van der Waals surface area contributed by atoms with Gasteiger partial charge in [0.05, 0.1) is 25.4 Å². The molecular formula is C14H22O2. The molecule has 0 aromatic rings. The van der Waals surface area contributed by atoms with Gasteiger partial charge in [-0.25, -0.2) is 0 Å². The first-order chi connectivity index (χ1) is 7.95. The maximum atomic E-state index is 5.78. The molecule has 0 aromatic heterocycles. The average Bonchev–Trinajstić information content (AvgIpc) is 2.37. The van der Waals surface area contributed by atoms with Crippen LogP contribution in [0.15, 0.2) is 24.3 Å². The van der Waals surface area contributed by atoms with Gasteiger partial charge in [0.15, 0.2) is 0 Å². The molecule has 2 heteroatoms. The number of allylic oxidation sites excluding steroid dienone is 2. The molecule has 0 heterocycles. The lowest BCUT2D eigenvalue weighted by Gasteiger charge is -2.21. The highest BCUT2D eigenvalue weighted by Crippen LogP contribution is 2.16. The summed E-state index contributed by atoms with van der Waals surface area (Å²) >= 11 is 0. The minimum absolute atomic E-state index is 0.430. The normalized spacial score (nSPS) is 29.5. The van der Waals surface area contributed by atoms with Crippen LogP contribution in [0.25, 0.3) is 0 Å². The fraction of sp³-hybridized carbons (Fsp3) is 0.714. The largest absolute Gasteiger partial charge is 0.375 e. The zero-order chi connectivity index (χ0) is 11.1. The van der Waals surface area contributed by atoms with E-state index in [1.54, 1.807) is 0 Å². The summed E-state index contributed by atoms with van der Waals surface area (Å²) in [5.74, 6) is 0. The van der Waals surface area contributed by atoms with Crippen molar-refractivity contribution in [3.63, 3.8) is 0 Å². The molecule has 2 unspecified atom stereocenters. The summed E-state index contributed by atoms with van der Waals surface area (Å²) in [5, 5.41) is 0. The Morgan fingerprint density at radius 1 is 0.750 bits per heavy atom. The van der Waals surface area contributed by atoms with Crippen molar-refractivity contribution in [1.29, 1.82) is 0 Å². The molecule has 2 aliphatic carbocycles. The number of hydrogen-bond acceptors (Lipinski definition) is 2. The van der Waals surface area contributed by atoms with Crippen LogP contribution < -0.4 is 0 Å². The van der Waals surface area contributed by atoms with Crippen molar-refractivity contribution in [1.82, 2.24) is 0 Å². The third-order valence-corrected chi connectivity index (χ3v) is 3.23. The van der Waals surface area contributed by atoms with Gasteiger partial charge in [-0.3, -0.25) is 0 Å². The van der Waals surface area contributed by atoms with E-state index in [1.165, 1.54) is 25.7 Å². The van der Waals surface area contributed by atoms with Crippen LogP contribution in [0.1, 0.15) is 38.5 Å². The maximum Gasteiger partial charge on any atom is 0.0704 e. The Kier molecular flexibility index (Phi) is 5.10. The summed E-state index contributed by atoms with van der Waals surface area (Å²) in [6, 6.07) is 0. The summed E-state index contributed by atoms with van der Waals surface area (Å²) in [7, 11) is 0. The second kappa shape index (κ2) is 6.87. The van der Waals surface area contributed by atoms with E-state index in [1.807, 2.05) is 0 Å². The van der Waals surface area contributed by atoms with Crippen LogP contribution in [0.3, 0.4) is 0 Å². The van der Waals surface area contributed by atoms with Crippen molar-refractivity contribution in [2.45, 2.75) is 50.7 Å². The Morgan fingerprint density at radius 2 is 1.25 bits per heavy atom. The molecule has 0 saturated carbocycles. The van der Waals surface area contributed by atoms with E-state index in [-0.39, 0.29) is 0 Å². The van der Waals surface area contributed by atoms with Gasteiger partial charge in [-0.15, -0.1) is 0 Å². The molecule has 90 valence electrons. The van der Waals surface area contributed by atoms with Gasteiger partial charge in [0, 0.05) is 0 Å². The molecule has 2 atom stereocenters. The Bertz CT molecular complexity index is 219. The summed E-state index contributed by atoms with van der Waals surface area (Å²) in [5.41, 5.74) is 0. The highest BCUT2D eigenvalue weighted by atomic mass is 16.5. The Labute approximate surface area is 98.3 Å². The summed E-state index contributed by atoms with van der Waals surface area (Å²) in [6.07, 6.45) is 16.6. The Morgan fingerprint density at radius 3 is 1.62 bits per heavy atom. The first-order valence-electron chi connectivity index (χ1n) is 6.48. The van der Waals surface area contributed by atoms with Gasteiger partial charge in [0.2, 0.25) is 0 Å². The first-order valence-corrected chi connectivity index (χ1v) is 6.48. The van der Waals surface area contributed by atoms with E-state index in [4.69, 9.17) is 9.47 Å². The monoisotopic (exact) mass is 222 g/mol. The van der Waals surface area contributed by atoms with Crippen molar-refractivity contribution >= 4 is 0 Å². The van der Waals surface area contributed by atoms with E-state index in [0.717, 1.165) is 26.1 Å². The predicted octanol–water partition coefficient (Wildman–Crippen LogP) is 3.24.